The number of benzene rings is 2. The molecule has 2 heterocycles. The highest BCUT2D eigenvalue weighted by Gasteiger charge is 2.45. The zero-order chi connectivity index (χ0) is 23.2. The van der Waals surface area contributed by atoms with Crippen LogP contribution in [0.2, 0.25) is 0 Å². The fourth-order valence-electron chi connectivity index (χ4n) is 3.69. The highest BCUT2D eigenvalue weighted by molar-refractivity contribution is 6.07. The number of hydrogen-bond acceptors (Lipinski definition) is 10. The van der Waals surface area contributed by atoms with Crippen LogP contribution < -0.4 is 19.8 Å². The molecule has 32 heavy (non-hydrogen) atoms. The first-order valence-corrected chi connectivity index (χ1v) is 9.59. The first-order chi connectivity index (χ1) is 15.3. The topological polar surface area (TPSA) is 148 Å². The lowest BCUT2D eigenvalue weighted by molar-refractivity contribution is -0.277. The van der Waals surface area contributed by atoms with Gasteiger partial charge in [-0.2, -0.15) is 0 Å². The number of ether oxygens (including phenoxy) is 4. The molecule has 0 spiro atoms. The van der Waals surface area contributed by atoms with Gasteiger partial charge in [-0.1, -0.05) is 0 Å². The maximum atomic E-state index is 15.2. The van der Waals surface area contributed by atoms with Crippen molar-refractivity contribution in [2.24, 2.45) is 0 Å². The number of halogens is 1. The molecule has 0 aliphatic carbocycles. The van der Waals surface area contributed by atoms with Gasteiger partial charge in [-0.3, -0.25) is 0 Å². The van der Waals surface area contributed by atoms with E-state index in [4.69, 9.17) is 23.4 Å². The van der Waals surface area contributed by atoms with E-state index in [9.17, 15) is 25.2 Å². The van der Waals surface area contributed by atoms with Gasteiger partial charge in [0.15, 0.2) is 11.3 Å². The molecule has 172 valence electrons. The summed E-state index contributed by atoms with van der Waals surface area (Å²) in [5.74, 6) is -0.885. The van der Waals surface area contributed by atoms with Crippen LogP contribution in [0.25, 0.3) is 21.7 Å². The Labute approximate surface area is 179 Å². The molecule has 1 aromatic heterocycles. The van der Waals surface area contributed by atoms with Crippen molar-refractivity contribution in [2.75, 3.05) is 20.8 Å². The third-order valence-corrected chi connectivity index (χ3v) is 5.36. The predicted octanol–water partition coefficient (Wildman–Crippen LogP) is 0.281. The van der Waals surface area contributed by atoms with E-state index in [-0.39, 0.29) is 33.2 Å². The van der Waals surface area contributed by atoms with Crippen molar-refractivity contribution in [3.63, 3.8) is 0 Å². The summed E-state index contributed by atoms with van der Waals surface area (Å²) in [6, 6.07) is 5.44. The van der Waals surface area contributed by atoms with E-state index in [1.165, 1.54) is 26.4 Å². The van der Waals surface area contributed by atoms with Gasteiger partial charge in [-0.15, -0.1) is 0 Å². The highest BCUT2D eigenvalue weighted by atomic mass is 19.1. The molecule has 2 aromatic carbocycles. The summed E-state index contributed by atoms with van der Waals surface area (Å²) in [6.45, 7) is -0.668. The third kappa shape index (κ3) is 3.53. The Balaban J connectivity index is 1.85. The smallest absolute Gasteiger partial charge is 0.344 e. The fraction of sp³-hybridized carbons (Fsp3) is 0.381. The second kappa shape index (κ2) is 8.52. The zero-order valence-electron chi connectivity index (χ0n) is 17.0. The van der Waals surface area contributed by atoms with Gasteiger partial charge < -0.3 is 43.8 Å². The van der Waals surface area contributed by atoms with Crippen molar-refractivity contribution in [2.45, 2.75) is 30.7 Å². The second-order valence-electron chi connectivity index (χ2n) is 7.21. The molecular weight excluding hydrogens is 431 g/mol. The standard InChI is InChI=1S/C21H21FO10/c1-28-8-3-4-9-10(5-8)20(27)32-19-14(9)11(22)6-12(18(19)29-2)30-21-17(26)16(25)15(24)13(7-23)31-21/h3-6,13,15-17,21,23-26H,7H2,1-2H3/t13-,15-,16+,17-,21-/m1/s1. The lowest BCUT2D eigenvalue weighted by Crippen LogP contribution is -2.60. The molecule has 0 radical (unpaired) electrons. The van der Waals surface area contributed by atoms with E-state index in [0.29, 0.717) is 5.75 Å². The molecule has 10 nitrogen and oxygen atoms in total. The van der Waals surface area contributed by atoms with Crippen LogP contribution in [-0.2, 0) is 4.74 Å². The highest BCUT2D eigenvalue weighted by Crippen LogP contribution is 2.41. The number of aliphatic hydroxyl groups excluding tert-OH is 4. The summed E-state index contributed by atoms with van der Waals surface area (Å²) >= 11 is 0. The van der Waals surface area contributed by atoms with E-state index >= 15 is 4.39 Å². The molecule has 0 saturated carbocycles. The van der Waals surface area contributed by atoms with E-state index in [2.05, 4.69) is 0 Å². The number of hydrogen-bond donors (Lipinski definition) is 4. The van der Waals surface area contributed by atoms with Gasteiger partial charge >= 0.3 is 5.63 Å². The van der Waals surface area contributed by atoms with Crippen molar-refractivity contribution in [1.29, 1.82) is 0 Å². The number of rotatable bonds is 5. The second-order valence-corrected chi connectivity index (χ2v) is 7.21. The van der Waals surface area contributed by atoms with E-state index in [1.807, 2.05) is 0 Å². The Morgan fingerprint density at radius 2 is 1.78 bits per heavy atom. The maximum absolute atomic E-state index is 15.2. The number of fused-ring (bicyclic) bond motifs is 3. The van der Waals surface area contributed by atoms with Crippen LogP contribution in [0.4, 0.5) is 4.39 Å². The summed E-state index contributed by atoms with van der Waals surface area (Å²) in [7, 11) is 2.67. The van der Waals surface area contributed by atoms with Crippen molar-refractivity contribution in [3.8, 4) is 17.2 Å². The number of methoxy groups -OCH3 is 2. The molecule has 0 unspecified atom stereocenters. The van der Waals surface area contributed by atoms with Gasteiger partial charge in [0, 0.05) is 11.5 Å². The molecule has 1 saturated heterocycles. The Morgan fingerprint density at radius 1 is 1.03 bits per heavy atom. The van der Waals surface area contributed by atoms with Crippen LogP contribution in [0.1, 0.15) is 0 Å². The van der Waals surface area contributed by atoms with Crippen molar-refractivity contribution < 1.29 is 48.2 Å². The molecule has 1 fully saturated rings. The quantitative estimate of drug-likeness (QED) is 0.314. The van der Waals surface area contributed by atoms with Gasteiger partial charge in [-0.05, 0) is 18.2 Å². The molecule has 11 heteroatoms. The third-order valence-electron chi connectivity index (χ3n) is 5.36. The van der Waals surface area contributed by atoms with Gasteiger partial charge in [0.2, 0.25) is 12.0 Å². The van der Waals surface area contributed by atoms with Crippen LogP contribution in [0.3, 0.4) is 0 Å². The zero-order valence-corrected chi connectivity index (χ0v) is 17.0. The van der Waals surface area contributed by atoms with Crippen LogP contribution >= 0.6 is 0 Å². The van der Waals surface area contributed by atoms with E-state index < -0.39 is 48.8 Å². The summed E-state index contributed by atoms with van der Waals surface area (Å²) in [6.07, 6.45) is -7.84. The summed E-state index contributed by atoms with van der Waals surface area (Å²) < 4.78 is 41.7. The van der Waals surface area contributed by atoms with E-state index in [1.54, 1.807) is 6.07 Å². The normalized spacial score (nSPS) is 25.8. The predicted molar refractivity (Wildman–Crippen MR) is 107 cm³/mol. The van der Waals surface area contributed by atoms with Crippen molar-refractivity contribution >= 4 is 21.7 Å². The monoisotopic (exact) mass is 452 g/mol. The average Bonchev–Trinajstić information content (AvgIpc) is 2.79. The first kappa shape index (κ1) is 22.2. The Bertz CT molecular complexity index is 1210. The summed E-state index contributed by atoms with van der Waals surface area (Å²) in [5.41, 5.74) is -1.01. The molecule has 5 atom stereocenters. The lowest BCUT2D eigenvalue weighted by atomic mass is 9.99. The Kier molecular flexibility index (Phi) is 5.93. The lowest BCUT2D eigenvalue weighted by Gasteiger charge is -2.39. The minimum Gasteiger partial charge on any atom is -0.497 e. The SMILES string of the molecule is COc1ccc2c(c1)c(=O)oc1c(OC)c(O[C@@H]3O[C@H](CO)[C@@H](O)[C@H](O)[C@H]3O)cc(F)c12. The van der Waals surface area contributed by atoms with Gasteiger partial charge in [-0.25, -0.2) is 9.18 Å². The minimum absolute atomic E-state index is 0.0414. The molecule has 0 bridgehead atoms. The molecule has 1 aliphatic heterocycles. The molecule has 0 amide bonds. The molecule has 4 rings (SSSR count). The Morgan fingerprint density at radius 3 is 2.44 bits per heavy atom. The van der Waals surface area contributed by atoms with Gasteiger partial charge in [0.25, 0.3) is 0 Å². The maximum Gasteiger partial charge on any atom is 0.344 e. The molecule has 3 aromatic rings. The largest absolute Gasteiger partial charge is 0.497 e. The van der Waals surface area contributed by atoms with Crippen LogP contribution in [0.15, 0.2) is 33.5 Å². The molecule has 1 aliphatic rings. The minimum atomic E-state index is -1.73. The molecular formula is C21H21FO10. The van der Waals surface area contributed by atoms with Crippen LogP contribution in [-0.4, -0.2) is 72.0 Å². The summed E-state index contributed by atoms with van der Waals surface area (Å²) in [4.78, 5) is 12.6. The number of aliphatic hydroxyl groups is 4. The van der Waals surface area contributed by atoms with Crippen LogP contribution in [0.5, 0.6) is 17.2 Å². The molecule has 4 N–H and O–H groups in total. The van der Waals surface area contributed by atoms with Gasteiger partial charge in [0.1, 0.15) is 36.0 Å². The van der Waals surface area contributed by atoms with E-state index in [0.717, 1.165) is 6.07 Å². The Hall–Kier alpha value is -2.96. The fourth-order valence-corrected chi connectivity index (χ4v) is 3.69. The first-order valence-electron chi connectivity index (χ1n) is 9.59. The summed E-state index contributed by atoms with van der Waals surface area (Å²) in [5, 5.41) is 39.7. The average molecular weight is 452 g/mol. The van der Waals surface area contributed by atoms with Gasteiger partial charge in [0.05, 0.1) is 31.6 Å². The van der Waals surface area contributed by atoms with Crippen LogP contribution in [0, 0.1) is 5.82 Å². The van der Waals surface area contributed by atoms with Crippen molar-refractivity contribution in [3.05, 3.63) is 40.5 Å². The van der Waals surface area contributed by atoms with Crippen molar-refractivity contribution in [1.82, 2.24) is 0 Å².